The second kappa shape index (κ2) is 9.91. The van der Waals surface area contributed by atoms with Crippen molar-refractivity contribution < 1.29 is 24.2 Å². The molecule has 7 nitrogen and oxygen atoms in total. The number of anilines is 1. The molecule has 1 saturated heterocycles. The summed E-state index contributed by atoms with van der Waals surface area (Å²) in [6.45, 7) is 4.17. The summed E-state index contributed by atoms with van der Waals surface area (Å²) in [5.74, 6) is -1.04. The number of hydrogen-bond acceptors (Lipinski definition) is 5. The van der Waals surface area contributed by atoms with Crippen LogP contribution in [0.1, 0.15) is 42.5 Å². The van der Waals surface area contributed by atoms with E-state index in [2.05, 4.69) is 18.8 Å². The van der Waals surface area contributed by atoms with E-state index in [4.69, 9.17) is 21.1 Å². The third-order valence-electron chi connectivity index (χ3n) is 6.93. The van der Waals surface area contributed by atoms with Crippen LogP contribution in [0.3, 0.4) is 0 Å². The summed E-state index contributed by atoms with van der Waals surface area (Å²) in [5, 5.41) is 12.7. The van der Waals surface area contributed by atoms with Gasteiger partial charge in [0.15, 0.2) is 0 Å². The lowest BCUT2D eigenvalue weighted by molar-refractivity contribution is -0.132. The number of fused-ring (bicyclic) bond motifs is 1. The average Bonchev–Trinajstić information content (AvgIpc) is 3.46. The number of aliphatic hydroxyl groups excluding tert-OH is 1. The Balaban J connectivity index is 1.77. The molecule has 2 heterocycles. The molecule has 1 aliphatic rings. The third kappa shape index (κ3) is 4.09. The summed E-state index contributed by atoms with van der Waals surface area (Å²) in [6.07, 6.45) is 1.77. The third-order valence-corrected chi connectivity index (χ3v) is 7.22. The van der Waals surface area contributed by atoms with E-state index in [1.807, 2.05) is 48.5 Å². The number of ether oxygens (including phenoxy) is 2. The fourth-order valence-electron chi connectivity index (χ4n) is 4.92. The van der Waals surface area contributed by atoms with E-state index in [-0.39, 0.29) is 27.7 Å². The molecule has 2 N–H and O–H groups in total. The second-order valence-corrected chi connectivity index (χ2v) is 9.80. The van der Waals surface area contributed by atoms with Gasteiger partial charge < -0.3 is 19.6 Å². The monoisotopic (exact) mass is 530 g/mol. The first kappa shape index (κ1) is 25.4. The first-order chi connectivity index (χ1) is 18.3. The number of hydrogen-bond donors (Lipinski definition) is 2. The van der Waals surface area contributed by atoms with E-state index in [9.17, 15) is 14.7 Å². The number of H-pyrrole nitrogens is 1. The number of rotatable bonds is 6. The fourth-order valence-corrected chi connectivity index (χ4v) is 5.16. The number of ketones is 1. The summed E-state index contributed by atoms with van der Waals surface area (Å²) in [5.41, 5.74) is 3.28. The zero-order valence-corrected chi connectivity index (χ0v) is 22.2. The van der Waals surface area contributed by atoms with E-state index in [1.165, 1.54) is 31.3 Å². The fraction of sp³-hybridized carbons (Fsp3) is 0.200. The van der Waals surface area contributed by atoms with Crippen LogP contribution < -0.4 is 14.4 Å². The number of para-hydroxylation sites is 1. The van der Waals surface area contributed by atoms with Crippen molar-refractivity contribution in [2.24, 2.45) is 0 Å². The Kier molecular flexibility index (Phi) is 6.63. The number of amides is 1. The lowest BCUT2D eigenvalue weighted by Gasteiger charge is -2.25. The van der Waals surface area contributed by atoms with Crippen LogP contribution in [0.15, 0.2) is 72.4 Å². The van der Waals surface area contributed by atoms with Crippen LogP contribution in [0.25, 0.3) is 16.7 Å². The van der Waals surface area contributed by atoms with Crippen molar-refractivity contribution in [3.8, 4) is 11.5 Å². The van der Waals surface area contributed by atoms with E-state index in [0.717, 1.165) is 16.5 Å². The lowest BCUT2D eigenvalue weighted by atomic mass is 9.94. The molecule has 4 aromatic rings. The maximum absolute atomic E-state index is 13.6. The SMILES string of the molecule is COc1cc(OC)c(/C(O)=C2\C(=O)C(=O)N(c3ccc(C(C)C)cc3)C2c2c[nH]c3ccccc23)cc1Cl. The van der Waals surface area contributed by atoms with Crippen molar-refractivity contribution in [1.82, 2.24) is 4.98 Å². The molecule has 0 saturated carbocycles. The van der Waals surface area contributed by atoms with Crippen LogP contribution in [0, 0.1) is 0 Å². The van der Waals surface area contributed by atoms with E-state index in [0.29, 0.717) is 22.9 Å². The minimum Gasteiger partial charge on any atom is -0.507 e. The number of aromatic nitrogens is 1. The second-order valence-electron chi connectivity index (χ2n) is 9.39. The molecular weight excluding hydrogens is 504 g/mol. The van der Waals surface area contributed by atoms with E-state index >= 15 is 0 Å². The summed E-state index contributed by atoms with van der Waals surface area (Å²) in [4.78, 5) is 31.8. The minimum atomic E-state index is -0.901. The molecule has 1 aromatic heterocycles. The van der Waals surface area contributed by atoms with Gasteiger partial charge >= 0.3 is 0 Å². The maximum Gasteiger partial charge on any atom is 0.300 e. The summed E-state index contributed by atoms with van der Waals surface area (Å²) >= 11 is 6.37. The summed E-state index contributed by atoms with van der Waals surface area (Å²) < 4.78 is 10.8. The van der Waals surface area contributed by atoms with Gasteiger partial charge in [-0.05, 0) is 35.7 Å². The minimum absolute atomic E-state index is 0.0628. The van der Waals surface area contributed by atoms with Crippen molar-refractivity contribution in [3.63, 3.8) is 0 Å². The quantitative estimate of drug-likeness (QED) is 0.167. The van der Waals surface area contributed by atoms with Gasteiger partial charge in [0.1, 0.15) is 17.3 Å². The van der Waals surface area contributed by atoms with Crippen molar-refractivity contribution >= 4 is 45.6 Å². The van der Waals surface area contributed by atoms with E-state index in [1.54, 1.807) is 6.20 Å². The molecule has 3 aromatic carbocycles. The topological polar surface area (TPSA) is 91.9 Å². The number of carbonyl (C=O) groups is 2. The molecule has 194 valence electrons. The zero-order valence-electron chi connectivity index (χ0n) is 21.4. The molecule has 38 heavy (non-hydrogen) atoms. The molecule has 1 fully saturated rings. The van der Waals surface area contributed by atoms with Crippen molar-refractivity contribution in [3.05, 3.63) is 94.1 Å². The lowest BCUT2D eigenvalue weighted by Crippen LogP contribution is -2.29. The Labute approximate surface area is 225 Å². The predicted molar refractivity (Wildman–Crippen MR) is 148 cm³/mol. The highest BCUT2D eigenvalue weighted by Gasteiger charge is 2.48. The largest absolute Gasteiger partial charge is 0.507 e. The van der Waals surface area contributed by atoms with Crippen LogP contribution in [-0.4, -0.2) is 36.0 Å². The van der Waals surface area contributed by atoms with Crippen molar-refractivity contribution in [1.29, 1.82) is 0 Å². The van der Waals surface area contributed by atoms with Crippen molar-refractivity contribution in [2.75, 3.05) is 19.1 Å². The number of nitrogens with one attached hydrogen (secondary N) is 1. The van der Waals surface area contributed by atoms with Crippen LogP contribution in [-0.2, 0) is 9.59 Å². The van der Waals surface area contributed by atoms with Crippen molar-refractivity contribution in [2.45, 2.75) is 25.8 Å². The molecule has 0 aliphatic carbocycles. The first-order valence-corrected chi connectivity index (χ1v) is 12.5. The number of halogens is 1. The van der Waals surface area contributed by atoms with Crippen LogP contribution in [0.4, 0.5) is 5.69 Å². The Morgan fingerprint density at radius 1 is 1.00 bits per heavy atom. The van der Waals surface area contributed by atoms with Crippen LogP contribution >= 0.6 is 11.6 Å². The van der Waals surface area contributed by atoms with Gasteiger partial charge in [-0.2, -0.15) is 0 Å². The number of carbonyl (C=O) groups excluding carboxylic acids is 2. The Morgan fingerprint density at radius 3 is 2.34 bits per heavy atom. The summed E-state index contributed by atoms with van der Waals surface area (Å²) in [7, 11) is 2.90. The summed E-state index contributed by atoms with van der Waals surface area (Å²) in [6, 6.07) is 17.2. The van der Waals surface area contributed by atoms with E-state index < -0.39 is 17.7 Å². The highest BCUT2D eigenvalue weighted by atomic mass is 35.5. The van der Waals surface area contributed by atoms with Gasteiger partial charge in [-0.25, -0.2) is 0 Å². The number of benzene rings is 3. The first-order valence-electron chi connectivity index (χ1n) is 12.2. The van der Waals surface area contributed by atoms with Gasteiger partial charge in [-0.3, -0.25) is 14.5 Å². The van der Waals surface area contributed by atoms with Gasteiger partial charge in [-0.15, -0.1) is 0 Å². The Bertz CT molecular complexity index is 1590. The average molecular weight is 531 g/mol. The van der Waals surface area contributed by atoms with Crippen LogP contribution in [0.2, 0.25) is 5.02 Å². The zero-order chi connectivity index (χ0) is 27.1. The molecule has 1 aliphatic heterocycles. The molecule has 8 heteroatoms. The number of methoxy groups -OCH3 is 2. The Morgan fingerprint density at radius 2 is 1.68 bits per heavy atom. The van der Waals surface area contributed by atoms with Crippen LogP contribution in [0.5, 0.6) is 11.5 Å². The number of aromatic amines is 1. The van der Waals surface area contributed by atoms with Gasteiger partial charge in [-0.1, -0.05) is 55.8 Å². The molecule has 0 bridgehead atoms. The molecule has 1 amide bonds. The predicted octanol–water partition coefficient (Wildman–Crippen LogP) is 6.59. The number of nitrogens with zero attached hydrogens (tertiary/aromatic N) is 1. The standard InChI is InChI=1S/C30H27ClN2O5/c1-16(2)17-9-11-18(12-10-17)33-27(21-15-32-23-8-6-5-7-19(21)23)26(29(35)30(33)36)28(34)20-13-22(31)25(38-4)14-24(20)37-3/h5-16,27,32,34H,1-4H3/b28-26+. The van der Waals surface area contributed by atoms with Gasteiger partial charge in [0, 0.05) is 34.4 Å². The maximum atomic E-state index is 13.6. The highest BCUT2D eigenvalue weighted by Crippen LogP contribution is 2.46. The van der Waals surface area contributed by atoms with Gasteiger partial charge in [0.2, 0.25) is 0 Å². The Hall–Kier alpha value is -4.23. The highest BCUT2D eigenvalue weighted by molar-refractivity contribution is 6.52. The number of aliphatic hydroxyl groups is 1. The molecule has 0 radical (unpaired) electrons. The molecule has 1 unspecified atom stereocenters. The molecule has 1 atom stereocenters. The van der Waals surface area contributed by atoms with Gasteiger partial charge in [0.25, 0.3) is 11.7 Å². The van der Waals surface area contributed by atoms with Gasteiger partial charge in [0.05, 0.1) is 36.4 Å². The molecular formula is C30H27ClN2O5. The molecule has 5 rings (SSSR count). The normalized spacial score (nSPS) is 17.0. The number of Topliss-reactive ketones (excluding diaryl/α,β-unsaturated/α-hetero) is 1. The smallest absolute Gasteiger partial charge is 0.300 e. The molecule has 0 spiro atoms.